The fraction of sp³-hybridized carbons (Fsp3) is 0.381. The predicted octanol–water partition coefficient (Wildman–Crippen LogP) is 2.98. The number of carbonyl (C=O) groups excluding carboxylic acids is 1. The van der Waals surface area contributed by atoms with E-state index in [1.807, 2.05) is 0 Å². The van der Waals surface area contributed by atoms with Gasteiger partial charge in [0.1, 0.15) is 16.8 Å². The molecule has 3 rings (SSSR count). The van der Waals surface area contributed by atoms with Crippen LogP contribution in [0.1, 0.15) is 24.8 Å². The minimum atomic E-state index is -4.73. The summed E-state index contributed by atoms with van der Waals surface area (Å²) in [6.45, 7) is 0.0400. The van der Waals surface area contributed by atoms with E-state index in [4.69, 9.17) is 9.47 Å². The van der Waals surface area contributed by atoms with E-state index in [2.05, 4.69) is 5.32 Å². The molecular formula is C21H23F3N2O5S. The second-order valence-electron chi connectivity index (χ2n) is 7.24. The molecule has 0 bridgehead atoms. The van der Waals surface area contributed by atoms with Crippen LogP contribution in [0.4, 0.5) is 13.2 Å². The van der Waals surface area contributed by atoms with Gasteiger partial charge < -0.3 is 14.8 Å². The molecule has 1 aliphatic rings. The number of benzene rings is 2. The van der Waals surface area contributed by atoms with Gasteiger partial charge in [-0.05, 0) is 43.0 Å². The lowest BCUT2D eigenvalue weighted by atomic mass is 10.1. The molecule has 1 heterocycles. The topological polar surface area (TPSA) is 84.9 Å². The van der Waals surface area contributed by atoms with Gasteiger partial charge in [0.15, 0.2) is 23.1 Å². The number of amides is 1. The van der Waals surface area contributed by atoms with E-state index in [1.165, 1.54) is 20.3 Å². The normalized spacial score (nSPS) is 17.1. The van der Waals surface area contributed by atoms with Crippen LogP contribution in [0.3, 0.4) is 0 Å². The molecule has 1 fully saturated rings. The van der Waals surface area contributed by atoms with Crippen LogP contribution in [0, 0.1) is 17.5 Å². The van der Waals surface area contributed by atoms with Crippen molar-refractivity contribution in [3.8, 4) is 11.5 Å². The Balaban J connectivity index is 2.10. The van der Waals surface area contributed by atoms with Gasteiger partial charge in [-0.2, -0.15) is 4.31 Å². The monoisotopic (exact) mass is 472 g/mol. The van der Waals surface area contributed by atoms with Crippen molar-refractivity contribution in [3.63, 3.8) is 0 Å². The molecule has 1 N–H and O–H groups in total. The first-order valence-corrected chi connectivity index (χ1v) is 11.3. The lowest BCUT2D eigenvalue weighted by Crippen LogP contribution is -2.48. The lowest BCUT2D eigenvalue weighted by molar-refractivity contribution is -0.124. The van der Waals surface area contributed by atoms with E-state index in [0.717, 1.165) is 4.31 Å². The average Bonchev–Trinajstić information content (AvgIpc) is 2.98. The van der Waals surface area contributed by atoms with Gasteiger partial charge in [-0.1, -0.05) is 6.07 Å². The molecule has 2 aromatic carbocycles. The molecule has 0 aliphatic carbocycles. The van der Waals surface area contributed by atoms with E-state index in [-0.39, 0.29) is 25.1 Å². The molecule has 0 aromatic heterocycles. The molecule has 0 radical (unpaired) electrons. The largest absolute Gasteiger partial charge is 0.493 e. The van der Waals surface area contributed by atoms with Gasteiger partial charge in [0, 0.05) is 19.2 Å². The van der Waals surface area contributed by atoms with Crippen molar-refractivity contribution in [2.24, 2.45) is 0 Å². The van der Waals surface area contributed by atoms with Crippen molar-refractivity contribution in [2.75, 3.05) is 20.8 Å². The fourth-order valence-electron chi connectivity index (χ4n) is 3.55. The standard InChI is InChI=1S/C21H23F3N2O5S/c1-30-18-7-6-13(9-19(18)31-2)12-26(17-5-3-4-8-25-21(17)27)32(28,29)20-11-15(23)14(22)10-16(20)24/h6-7,9-11,17H,3-5,8,12H2,1-2H3,(H,25,27). The van der Waals surface area contributed by atoms with Crippen molar-refractivity contribution >= 4 is 15.9 Å². The first-order valence-electron chi connectivity index (χ1n) is 9.84. The summed E-state index contributed by atoms with van der Waals surface area (Å²) >= 11 is 0. The van der Waals surface area contributed by atoms with E-state index in [0.29, 0.717) is 36.4 Å². The van der Waals surface area contributed by atoms with E-state index < -0.39 is 44.3 Å². The first kappa shape index (κ1) is 23.9. The average molecular weight is 472 g/mol. The van der Waals surface area contributed by atoms with Crippen LogP contribution in [0.5, 0.6) is 11.5 Å². The molecule has 7 nitrogen and oxygen atoms in total. The summed E-state index contributed by atoms with van der Waals surface area (Å²) in [7, 11) is -1.89. The Kier molecular flexibility index (Phi) is 7.29. The van der Waals surface area contributed by atoms with Crippen LogP contribution in [0.2, 0.25) is 0 Å². The number of nitrogens with zero attached hydrogens (tertiary/aromatic N) is 1. The molecule has 1 saturated heterocycles. The zero-order valence-corrected chi connectivity index (χ0v) is 18.3. The van der Waals surface area contributed by atoms with Crippen LogP contribution < -0.4 is 14.8 Å². The summed E-state index contributed by atoms with van der Waals surface area (Å²) in [5, 5.41) is 2.64. The van der Waals surface area contributed by atoms with Crippen LogP contribution in [0.15, 0.2) is 35.2 Å². The highest BCUT2D eigenvalue weighted by atomic mass is 32.2. The Labute approximate surface area is 184 Å². The van der Waals surface area contributed by atoms with Gasteiger partial charge in [0.2, 0.25) is 15.9 Å². The molecule has 1 amide bonds. The van der Waals surface area contributed by atoms with Crippen molar-refractivity contribution in [2.45, 2.75) is 36.7 Å². The van der Waals surface area contributed by atoms with Crippen molar-refractivity contribution in [1.29, 1.82) is 0 Å². The second-order valence-corrected chi connectivity index (χ2v) is 9.10. The maximum Gasteiger partial charge on any atom is 0.247 e. The summed E-state index contributed by atoms with van der Waals surface area (Å²) < 4.78 is 79.7. The number of ether oxygens (including phenoxy) is 2. The molecule has 1 atom stereocenters. The Morgan fingerprint density at radius 1 is 1.00 bits per heavy atom. The van der Waals surface area contributed by atoms with Crippen molar-refractivity contribution < 1.29 is 35.9 Å². The molecule has 0 saturated carbocycles. The number of sulfonamides is 1. The summed E-state index contributed by atoms with van der Waals surface area (Å²) in [6.07, 6.45) is 1.37. The summed E-state index contributed by atoms with van der Waals surface area (Å²) in [6, 6.07) is 3.95. The molecule has 174 valence electrons. The number of hydrogen-bond donors (Lipinski definition) is 1. The van der Waals surface area contributed by atoms with Crippen LogP contribution in [0.25, 0.3) is 0 Å². The maximum absolute atomic E-state index is 14.4. The van der Waals surface area contributed by atoms with Crippen LogP contribution in [-0.2, 0) is 21.4 Å². The molecule has 11 heteroatoms. The van der Waals surface area contributed by atoms with Crippen molar-refractivity contribution in [3.05, 3.63) is 53.3 Å². The Morgan fingerprint density at radius 2 is 1.69 bits per heavy atom. The Morgan fingerprint density at radius 3 is 2.38 bits per heavy atom. The molecule has 0 spiro atoms. The number of hydrogen-bond acceptors (Lipinski definition) is 5. The third-order valence-corrected chi connectivity index (χ3v) is 7.07. The van der Waals surface area contributed by atoms with Gasteiger partial charge in [-0.3, -0.25) is 4.79 Å². The van der Waals surface area contributed by atoms with Crippen LogP contribution in [-0.4, -0.2) is 45.4 Å². The molecule has 1 aliphatic heterocycles. The quantitative estimate of drug-likeness (QED) is 0.627. The summed E-state index contributed by atoms with van der Waals surface area (Å²) in [5.74, 6) is -4.29. The van der Waals surface area contributed by atoms with Gasteiger partial charge in [-0.15, -0.1) is 0 Å². The SMILES string of the molecule is COc1ccc(CN(C2CCCCNC2=O)S(=O)(=O)c2cc(F)c(F)cc2F)cc1OC. The number of methoxy groups -OCH3 is 2. The lowest BCUT2D eigenvalue weighted by Gasteiger charge is -2.29. The number of rotatable bonds is 7. The van der Waals surface area contributed by atoms with E-state index >= 15 is 0 Å². The molecule has 2 aromatic rings. The fourth-order valence-corrected chi connectivity index (χ4v) is 5.21. The maximum atomic E-state index is 14.4. The van der Waals surface area contributed by atoms with Gasteiger partial charge in [0.25, 0.3) is 0 Å². The highest BCUT2D eigenvalue weighted by Crippen LogP contribution is 2.31. The zero-order valence-electron chi connectivity index (χ0n) is 17.5. The molecular weight excluding hydrogens is 449 g/mol. The predicted molar refractivity (Wildman–Crippen MR) is 109 cm³/mol. The van der Waals surface area contributed by atoms with E-state index in [9.17, 15) is 26.4 Å². The zero-order chi connectivity index (χ0) is 23.5. The second kappa shape index (κ2) is 9.78. The summed E-state index contributed by atoms with van der Waals surface area (Å²) in [5.41, 5.74) is 0.422. The van der Waals surface area contributed by atoms with Crippen molar-refractivity contribution in [1.82, 2.24) is 9.62 Å². The Hall–Kier alpha value is -2.79. The third-order valence-electron chi connectivity index (χ3n) is 5.20. The number of carbonyl (C=O) groups is 1. The van der Waals surface area contributed by atoms with Crippen LogP contribution >= 0.6 is 0 Å². The molecule has 32 heavy (non-hydrogen) atoms. The minimum Gasteiger partial charge on any atom is -0.493 e. The van der Waals surface area contributed by atoms with Gasteiger partial charge in [-0.25, -0.2) is 21.6 Å². The number of halogens is 3. The molecule has 1 unspecified atom stereocenters. The number of nitrogens with one attached hydrogen (secondary N) is 1. The van der Waals surface area contributed by atoms with E-state index in [1.54, 1.807) is 12.1 Å². The smallest absolute Gasteiger partial charge is 0.247 e. The van der Waals surface area contributed by atoms with Gasteiger partial charge in [0.05, 0.1) is 14.2 Å². The van der Waals surface area contributed by atoms with Gasteiger partial charge >= 0.3 is 0 Å². The first-order chi connectivity index (χ1) is 15.2. The third kappa shape index (κ3) is 4.83. The summed E-state index contributed by atoms with van der Waals surface area (Å²) in [4.78, 5) is 11.6. The minimum absolute atomic E-state index is 0.171. The Bertz CT molecular complexity index is 1110. The highest BCUT2D eigenvalue weighted by molar-refractivity contribution is 7.89. The highest BCUT2D eigenvalue weighted by Gasteiger charge is 2.38.